The van der Waals surface area contributed by atoms with Crippen LogP contribution in [0.1, 0.15) is 11.1 Å². The predicted molar refractivity (Wildman–Crippen MR) is 150 cm³/mol. The summed E-state index contributed by atoms with van der Waals surface area (Å²) in [6.07, 6.45) is 0. The molecule has 1 heterocycles. The highest BCUT2D eigenvalue weighted by Gasteiger charge is 2.49. The molecule has 0 unspecified atom stereocenters. The van der Waals surface area contributed by atoms with Gasteiger partial charge in [-0.2, -0.15) is 8.15 Å². The topological polar surface area (TPSA) is 95.0 Å². The number of para-hydroxylation sites is 2. The molecule has 11 heteroatoms. The van der Waals surface area contributed by atoms with E-state index in [1.165, 1.54) is 36.4 Å². The number of hydrogen-bond donors (Lipinski definition) is 1. The summed E-state index contributed by atoms with van der Waals surface area (Å²) >= 11 is 5.68. The van der Waals surface area contributed by atoms with Gasteiger partial charge < -0.3 is 4.89 Å². The lowest BCUT2D eigenvalue weighted by Gasteiger charge is -2.37. The van der Waals surface area contributed by atoms with Gasteiger partial charge >= 0.3 is 0 Å². The molecule has 0 saturated heterocycles. The Balaban J connectivity index is 1.87. The van der Waals surface area contributed by atoms with Crippen molar-refractivity contribution in [2.24, 2.45) is 0 Å². The van der Waals surface area contributed by atoms with Gasteiger partial charge in [-0.3, -0.25) is 0 Å². The third-order valence-corrected chi connectivity index (χ3v) is 14.8. The second-order valence-corrected chi connectivity index (χ2v) is 16.1. The van der Waals surface area contributed by atoms with Crippen molar-refractivity contribution in [1.82, 2.24) is 0 Å². The van der Waals surface area contributed by atoms with Crippen LogP contribution in [0.5, 0.6) is 0 Å². The predicted octanol–water partition coefficient (Wildman–Crippen LogP) is 5.59. The Labute approximate surface area is 221 Å². The zero-order valence-corrected chi connectivity index (χ0v) is 23.2. The molecule has 1 N–H and O–H groups in total. The van der Waals surface area contributed by atoms with E-state index in [1.54, 1.807) is 60.7 Å². The van der Waals surface area contributed by atoms with Crippen molar-refractivity contribution in [3.05, 3.63) is 108 Å². The summed E-state index contributed by atoms with van der Waals surface area (Å²) in [5.41, 5.74) is 2.74. The van der Waals surface area contributed by atoms with Crippen LogP contribution in [0.3, 0.4) is 0 Å². The van der Waals surface area contributed by atoms with E-state index in [0.717, 1.165) is 19.3 Å². The summed E-state index contributed by atoms with van der Waals surface area (Å²) in [6.45, 7) is -0.949. The average molecular weight is 571 g/mol. The van der Waals surface area contributed by atoms with Gasteiger partial charge in [0.25, 0.3) is 26.6 Å². The molecule has 4 aromatic rings. The smallest absolute Gasteiger partial charge is 0.279 e. The number of sulfonamides is 2. The molecule has 0 spiro atoms. The van der Waals surface area contributed by atoms with Gasteiger partial charge in [0.15, 0.2) is 0 Å². The third-order valence-electron chi connectivity index (χ3n) is 6.08. The maximum Gasteiger partial charge on any atom is 0.279 e. The van der Waals surface area contributed by atoms with E-state index in [9.17, 15) is 21.7 Å². The summed E-state index contributed by atoms with van der Waals surface area (Å²) < 4.78 is 58.0. The molecule has 7 nitrogen and oxygen atoms in total. The van der Waals surface area contributed by atoms with Crippen molar-refractivity contribution >= 4 is 49.8 Å². The molecule has 0 aromatic heterocycles. The number of anilines is 2. The largest absolute Gasteiger partial charge is 0.333 e. The molecule has 5 rings (SSSR count). The van der Waals surface area contributed by atoms with E-state index >= 15 is 0 Å². The lowest BCUT2D eigenvalue weighted by atomic mass is 10.0. The third kappa shape index (κ3) is 4.19. The highest BCUT2D eigenvalue weighted by molar-refractivity contribution is 8.24. The maximum atomic E-state index is 14.1. The van der Waals surface area contributed by atoms with E-state index in [-0.39, 0.29) is 21.2 Å². The molecule has 0 radical (unpaired) electrons. The fourth-order valence-electron chi connectivity index (χ4n) is 4.25. The SMILES string of the molecule is Cc1ccc(S(=O)(=O)N2c3ccccc3-c3ccccc3N(S(=O)(=O)c3ccc(C)cc3)P2(O)=S)cc1. The molecule has 0 atom stereocenters. The molecule has 1 aliphatic heterocycles. The summed E-state index contributed by atoms with van der Waals surface area (Å²) in [5.74, 6) is 0. The van der Waals surface area contributed by atoms with Crippen molar-refractivity contribution in [2.45, 2.75) is 23.6 Å². The second-order valence-electron chi connectivity index (χ2n) is 8.67. The van der Waals surface area contributed by atoms with Crippen LogP contribution in [0, 0.1) is 13.8 Å². The Bertz CT molecular complexity index is 1640. The van der Waals surface area contributed by atoms with E-state index in [4.69, 9.17) is 11.8 Å². The van der Waals surface area contributed by atoms with Gasteiger partial charge in [-0.25, -0.2) is 16.8 Å². The van der Waals surface area contributed by atoms with Gasteiger partial charge in [-0.1, -0.05) is 71.8 Å². The van der Waals surface area contributed by atoms with Crippen LogP contribution >= 0.6 is 6.57 Å². The average Bonchev–Trinajstić information content (AvgIpc) is 2.94. The van der Waals surface area contributed by atoms with Gasteiger partial charge in [0.05, 0.1) is 21.2 Å². The van der Waals surface area contributed by atoms with Gasteiger partial charge in [0, 0.05) is 11.1 Å². The van der Waals surface area contributed by atoms with Crippen molar-refractivity contribution in [2.75, 3.05) is 8.15 Å². The molecule has 190 valence electrons. The molecule has 0 fully saturated rings. The molecule has 0 bridgehead atoms. The fourth-order valence-corrected chi connectivity index (χ4v) is 13.0. The van der Waals surface area contributed by atoms with E-state index < -0.39 is 26.6 Å². The molecule has 0 saturated carbocycles. The molecule has 1 aliphatic rings. The highest BCUT2D eigenvalue weighted by Crippen LogP contribution is 2.63. The van der Waals surface area contributed by atoms with Crippen LogP contribution in [0.4, 0.5) is 11.4 Å². The van der Waals surface area contributed by atoms with Gasteiger partial charge in [0.1, 0.15) is 0 Å². The first kappa shape index (κ1) is 25.6. The van der Waals surface area contributed by atoms with Crippen LogP contribution in [0.15, 0.2) is 107 Å². The molecular formula is C26H23N2O5PS3. The Kier molecular flexibility index (Phi) is 6.29. The number of benzene rings is 4. The van der Waals surface area contributed by atoms with Crippen LogP contribution in [-0.2, 0) is 31.9 Å². The van der Waals surface area contributed by atoms with Gasteiger partial charge in [-0.05, 0) is 62.1 Å². The van der Waals surface area contributed by atoms with Crippen LogP contribution in [0.2, 0.25) is 0 Å². The zero-order valence-electron chi connectivity index (χ0n) is 19.9. The van der Waals surface area contributed by atoms with Crippen molar-refractivity contribution in [1.29, 1.82) is 0 Å². The minimum absolute atomic E-state index is 0.1000. The van der Waals surface area contributed by atoms with Crippen LogP contribution < -0.4 is 8.15 Å². The molecule has 0 amide bonds. The Hall–Kier alpha value is -3.01. The standard InChI is InChI=1S/C26H23N2O5PS3/c1-19-11-15-21(16-12-19)36(30,31)27-25-9-5-3-7-23(25)24-8-4-6-10-26(24)28(34(27,29)35)37(32,33)22-17-13-20(2)14-18-22/h3-18H,1-2H3,(H,29,35). The van der Waals surface area contributed by atoms with E-state index in [2.05, 4.69) is 0 Å². The Morgan fingerprint density at radius 1 is 0.595 bits per heavy atom. The lowest BCUT2D eigenvalue weighted by molar-refractivity contribution is 0.586. The first-order valence-electron chi connectivity index (χ1n) is 11.2. The van der Waals surface area contributed by atoms with Gasteiger partial charge in [0.2, 0.25) is 0 Å². The number of aryl methyl sites for hydroxylation is 2. The first-order chi connectivity index (χ1) is 17.5. The lowest BCUT2D eigenvalue weighted by Crippen LogP contribution is -2.38. The Morgan fingerprint density at radius 2 is 0.919 bits per heavy atom. The number of nitrogens with zero attached hydrogens (tertiary/aromatic N) is 2. The minimum atomic E-state index is -4.59. The van der Waals surface area contributed by atoms with E-state index in [0.29, 0.717) is 11.1 Å². The quantitative estimate of drug-likeness (QED) is 0.322. The molecule has 37 heavy (non-hydrogen) atoms. The first-order valence-corrected chi connectivity index (χ1v) is 16.8. The van der Waals surface area contributed by atoms with Crippen LogP contribution in [-0.4, -0.2) is 21.7 Å². The van der Waals surface area contributed by atoms with Crippen molar-refractivity contribution < 1.29 is 21.7 Å². The summed E-state index contributed by atoms with van der Waals surface area (Å²) in [7, 11) is -9.00. The number of fused-ring (bicyclic) bond motifs is 3. The summed E-state index contributed by atoms with van der Waals surface area (Å²) in [4.78, 5) is 11.9. The highest BCUT2D eigenvalue weighted by atomic mass is 32.5. The number of hydrogen-bond acceptors (Lipinski definition) is 5. The maximum absolute atomic E-state index is 14.1. The second kappa shape index (κ2) is 9.08. The molecule has 0 aliphatic carbocycles. The minimum Gasteiger partial charge on any atom is -0.333 e. The van der Waals surface area contributed by atoms with E-state index in [1.807, 2.05) is 13.8 Å². The normalized spacial score (nSPS) is 15.0. The fraction of sp³-hybridized carbons (Fsp3) is 0.0769. The monoisotopic (exact) mass is 570 g/mol. The summed E-state index contributed by atoms with van der Waals surface area (Å²) in [6, 6.07) is 25.3. The molecular weight excluding hydrogens is 547 g/mol. The van der Waals surface area contributed by atoms with Gasteiger partial charge in [-0.15, -0.1) is 0 Å². The zero-order chi connectivity index (χ0) is 26.6. The van der Waals surface area contributed by atoms with Crippen molar-refractivity contribution in [3.63, 3.8) is 0 Å². The van der Waals surface area contributed by atoms with Crippen LogP contribution in [0.25, 0.3) is 11.1 Å². The number of rotatable bonds is 4. The summed E-state index contributed by atoms with van der Waals surface area (Å²) in [5, 5.41) is 0. The van der Waals surface area contributed by atoms with Crippen molar-refractivity contribution in [3.8, 4) is 11.1 Å². The molecule has 4 aromatic carbocycles. The Morgan fingerprint density at radius 3 is 1.27 bits per heavy atom.